The fourth-order valence-corrected chi connectivity index (χ4v) is 3.26. The number of piperazine rings is 1. The molecule has 0 atom stereocenters. The first-order valence-corrected chi connectivity index (χ1v) is 8.83. The normalized spacial score (nSPS) is 18.5. The van der Waals surface area contributed by atoms with E-state index in [9.17, 15) is 9.59 Å². The van der Waals surface area contributed by atoms with Crippen LogP contribution in [0.2, 0.25) is 0 Å². The van der Waals surface area contributed by atoms with E-state index in [0.29, 0.717) is 0 Å². The van der Waals surface area contributed by atoms with E-state index in [1.54, 1.807) is 4.90 Å². The summed E-state index contributed by atoms with van der Waals surface area (Å²) in [4.78, 5) is 30.6. The SMILES string of the molecule is COC(=O)C1=C(C(=O)OC)N(c2ccc(N3CCN(C)CC3)cc2)COC1. The van der Waals surface area contributed by atoms with Gasteiger partial charge in [-0.2, -0.15) is 0 Å². The van der Waals surface area contributed by atoms with Crippen LogP contribution in [0, 0.1) is 0 Å². The molecule has 0 aromatic heterocycles. The van der Waals surface area contributed by atoms with Gasteiger partial charge in [-0.1, -0.05) is 0 Å². The van der Waals surface area contributed by atoms with E-state index in [2.05, 4.69) is 16.8 Å². The molecule has 1 saturated heterocycles. The van der Waals surface area contributed by atoms with Crippen LogP contribution in [0.15, 0.2) is 35.5 Å². The second-order valence-corrected chi connectivity index (χ2v) is 6.52. The first-order valence-electron chi connectivity index (χ1n) is 8.83. The van der Waals surface area contributed by atoms with E-state index in [1.165, 1.54) is 14.2 Å². The van der Waals surface area contributed by atoms with Crippen molar-refractivity contribution in [2.75, 3.05) is 70.6 Å². The Hall–Kier alpha value is -2.58. The molecule has 0 aliphatic carbocycles. The quantitative estimate of drug-likeness (QED) is 0.717. The number of carbonyl (C=O) groups is 2. The summed E-state index contributed by atoms with van der Waals surface area (Å²) in [5.74, 6) is -1.20. The van der Waals surface area contributed by atoms with E-state index in [0.717, 1.165) is 37.6 Å². The topological polar surface area (TPSA) is 71.6 Å². The van der Waals surface area contributed by atoms with Crippen LogP contribution in [-0.4, -0.2) is 77.6 Å². The van der Waals surface area contributed by atoms with Crippen molar-refractivity contribution in [3.63, 3.8) is 0 Å². The van der Waals surface area contributed by atoms with E-state index in [4.69, 9.17) is 14.2 Å². The summed E-state index contributed by atoms with van der Waals surface area (Å²) < 4.78 is 15.2. The lowest BCUT2D eigenvalue weighted by Crippen LogP contribution is -2.44. The Labute approximate surface area is 158 Å². The van der Waals surface area contributed by atoms with Crippen LogP contribution in [0.3, 0.4) is 0 Å². The molecular weight excluding hydrogens is 350 g/mol. The molecule has 0 N–H and O–H groups in total. The highest BCUT2D eigenvalue weighted by molar-refractivity contribution is 6.03. The predicted octanol–water partition coefficient (Wildman–Crippen LogP) is 0.833. The zero-order chi connectivity index (χ0) is 19.4. The maximum Gasteiger partial charge on any atom is 0.355 e. The number of methoxy groups -OCH3 is 2. The van der Waals surface area contributed by atoms with Gasteiger partial charge >= 0.3 is 11.9 Å². The van der Waals surface area contributed by atoms with Crippen LogP contribution in [0.4, 0.5) is 11.4 Å². The van der Waals surface area contributed by atoms with E-state index < -0.39 is 11.9 Å². The number of carbonyl (C=O) groups excluding carboxylic acids is 2. The fourth-order valence-electron chi connectivity index (χ4n) is 3.26. The minimum Gasteiger partial charge on any atom is -0.466 e. The zero-order valence-electron chi connectivity index (χ0n) is 15.9. The largest absolute Gasteiger partial charge is 0.466 e. The molecule has 2 aliphatic rings. The van der Waals surface area contributed by atoms with Gasteiger partial charge in [0.2, 0.25) is 0 Å². The number of likely N-dealkylation sites (N-methyl/N-ethyl adjacent to an activating group) is 1. The second kappa shape index (κ2) is 8.41. The molecule has 3 rings (SSSR count). The first-order chi connectivity index (χ1) is 13.0. The average Bonchev–Trinajstić information content (AvgIpc) is 2.72. The maximum atomic E-state index is 12.3. The number of anilines is 2. The van der Waals surface area contributed by atoms with Crippen LogP contribution >= 0.6 is 0 Å². The highest BCUT2D eigenvalue weighted by Gasteiger charge is 2.32. The molecule has 27 heavy (non-hydrogen) atoms. The molecular formula is C19H25N3O5. The molecule has 0 radical (unpaired) electrons. The number of rotatable bonds is 4. The Morgan fingerprint density at radius 3 is 2.11 bits per heavy atom. The Morgan fingerprint density at radius 2 is 1.52 bits per heavy atom. The molecule has 0 unspecified atom stereocenters. The molecule has 146 valence electrons. The van der Waals surface area contributed by atoms with Gasteiger partial charge in [-0.25, -0.2) is 9.59 Å². The molecule has 2 aliphatic heterocycles. The summed E-state index contributed by atoms with van der Waals surface area (Å²) in [5.41, 5.74) is 2.18. The van der Waals surface area contributed by atoms with Gasteiger partial charge in [0.05, 0.1) is 26.4 Å². The van der Waals surface area contributed by atoms with Crippen LogP contribution in [-0.2, 0) is 23.8 Å². The summed E-state index contributed by atoms with van der Waals surface area (Å²) in [6.45, 7) is 4.16. The zero-order valence-corrected chi connectivity index (χ0v) is 15.9. The van der Waals surface area contributed by atoms with Gasteiger partial charge in [0.25, 0.3) is 0 Å². The van der Waals surface area contributed by atoms with Crippen molar-refractivity contribution in [3.8, 4) is 0 Å². The maximum absolute atomic E-state index is 12.3. The summed E-state index contributed by atoms with van der Waals surface area (Å²) in [6.07, 6.45) is 0. The van der Waals surface area contributed by atoms with E-state index >= 15 is 0 Å². The number of esters is 2. The summed E-state index contributed by atoms with van der Waals surface area (Å²) in [5, 5.41) is 0. The minimum absolute atomic E-state index is 0.00693. The number of benzene rings is 1. The van der Waals surface area contributed by atoms with Crippen LogP contribution in [0.5, 0.6) is 0 Å². The monoisotopic (exact) mass is 375 g/mol. The third kappa shape index (κ3) is 4.06. The summed E-state index contributed by atoms with van der Waals surface area (Å²) in [7, 11) is 4.68. The lowest BCUT2D eigenvalue weighted by Gasteiger charge is -2.35. The molecule has 0 saturated carbocycles. The summed E-state index contributed by atoms with van der Waals surface area (Å²) >= 11 is 0. The fraction of sp³-hybridized carbons (Fsp3) is 0.474. The number of nitrogens with zero attached hydrogens (tertiary/aromatic N) is 3. The van der Waals surface area contributed by atoms with Gasteiger partial charge < -0.3 is 28.9 Å². The van der Waals surface area contributed by atoms with Crippen molar-refractivity contribution < 1.29 is 23.8 Å². The van der Waals surface area contributed by atoms with Gasteiger partial charge in [0, 0.05) is 37.6 Å². The van der Waals surface area contributed by atoms with Crippen LogP contribution in [0.1, 0.15) is 0 Å². The van der Waals surface area contributed by atoms with Crippen molar-refractivity contribution in [1.29, 1.82) is 0 Å². The standard InChI is InChI=1S/C19H25N3O5/c1-20-8-10-21(11-9-20)14-4-6-15(7-5-14)22-13-27-12-16(18(23)25-2)17(22)19(24)26-3/h4-7H,8-13H2,1-3H3. The number of hydrogen-bond acceptors (Lipinski definition) is 8. The Kier molecular flexibility index (Phi) is 5.98. The van der Waals surface area contributed by atoms with Gasteiger partial charge in [-0.15, -0.1) is 0 Å². The Morgan fingerprint density at radius 1 is 0.926 bits per heavy atom. The van der Waals surface area contributed by atoms with Crippen molar-refractivity contribution in [1.82, 2.24) is 4.90 Å². The average molecular weight is 375 g/mol. The second-order valence-electron chi connectivity index (χ2n) is 6.52. The molecule has 1 aromatic rings. The lowest BCUT2D eigenvalue weighted by molar-refractivity contribution is -0.140. The van der Waals surface area contributed by atoms with Gasteiger partial charge in [-0.3, -0.25) is 0 Å². The van der Waals surface area contributed by atoms with Gasteiger partial charge in [-0.05, 0) is 31.3 Å². The smallest absolute Gasteiger partial charge is 0.355 e. The summed E-state index contributed by atoms with van der Waals surface area (Å²) in [6, 6.07) is 7.87. The third-order valence-corrected chi connectivity index (χ3v) is 4.86. The Bertz CT molecular complexity index is 723. The number of ether oxygens (including phenoxy) is 3. The van der Waals surface area contributed by atoms with Crippen molar-refractivity contribution in [2.24, 2.45) is 0 Å². The molecule has 0 bridgehead atoms. The van der Waals surface area contributed by atoms with Gasteiger partial charge in [0.1, 0.15) is 12.4 Å². The van der Waals surface area contributed by atoms with Gasteiger partial charge in [0.15, 0.2) is 0 Å². The number of hydrogen-bond donors (Lipinski definition) is 0. The van der Waals surface area contributed by atoms with Crippen LogP contribution < -0.4 is 9.80 Å². The lowest BCUT2D eigenvalue weighted by atomic mass is 10.1. The molecule has 0 amide bonds. The molecule has 8 nitrogen and oxygen atoms in total. The highest BCUT2D eigenvalue weighted by Crippen LogP contribution is 2.28. The van der Waals surface area contributed by atoms with E-state index in [1.807, 2.05) is 24.3 Å². The van der Waals surface area contributed by atoms with Crippen molar-refractivity contribution >= 4 is 23.3 Å². The minimum atomic E-state index is -0.603. The highest BCUT2D eigenvalue weighted by atomic mass is 16.5. The van der Waals surface area contributed by atoms with Crippen molar-refractivity contribution in [3.05, 3.63) is 35.5 Å². The molecule has 1 fully saturated rings. The Balaban J connectivity index is 1.87. The predicted molar refractivity (Wildman–Crippen MR) is 101 cm³/mol. The molecule has 0 spiro atoms. The molecule has 2 heterocycles. The molecule has 1 aromatic carbocycles. The third-order valence-electron chi connectivity index (χ3n) is 4.86. The van der Waals surface area contributed by atoms with E-state index in [-0.39, 0.29) is 24.6 Å². The van der Waals surface area contributed by atoms with Crippen molar-refractivity contribution in [2.45, 2.75) is 0 Å². The first kappa shape index (κ1) is 19.2. The molecule has 8 heteroatoms. The van der Waals surface area contributed by atoms with Crippen LogP contribution in [0.25, 0.3) is 0 Å².